The van der Waals surface area contributed by atoms with E-state index in [0.29, 0.717) is 23.9 Å². The van der Waals surface area contributed by atoms with Crippen LogP contribution in [0.3, 0.4) is 0 Å². The van der Waals surface area contributed by atoms with Gasteiger partial charge in [0.1, 0.15) is 5.75 Å². The van der Waals surface area contributed by atoms with E-state index in [9.17, 15) is 9.90 Å². The number of likely N-dealkylation sites (tertiary alicyclic amines) is 1. The maximum absolute atomic E-state index is 12.1. The maximum atomic E-state index is 12.1. The summed E-state index contributed by atoms with van der Waals surface area (Å²) in [6.07, 6.45) is 2.66. The van der Waals surface area contributed by atoms with Gasteiger partial charge in [0.2, 0.25) is 0 Å². The van der Waals surface area contributed by atoms with Crippen LogP contribution >= 0.6 is 11.6 Å². The zero-order chi connectivity index (χ0) is 15.3. The lowest BCUT2D eigenvalue weighted by Gasteiger charge is -2.40. The lowest BCUT2D eigenvalue weighted by Crippen LogP contribution is -2.45. The van der Waals surface area contributed by atoms with Gasteiger partial charge < -0.3 is 14.7 Å². The summed E-state index contributed by atoms with van der Waals surface area (Å²) in [7, 11) is 0. The minimum atomic E-state index is -0.00686. The Morgan fingerprint density at radius 2 is 1.95 bits per heavy atom. The topological polar surface area (TPSA) is 49.8 Å². The number of ether oxygens (including phenoxy) is 1. The highest BCUT2D eigenvalue weighted by molar-refractivity contribution is 6.30. The van der Waals surface area contributed by atoms with Gasteiger partial charge in [0.15, 0.2) is 6.61 Å². The predicted octanol–water partition coefficient (Wildman–Crippen LogP) is 2.73. The van der Waals surface area contributed by atoms with E-state index in [2.05, 4.69) is 6.92 Å². The first-order valence-corrected chi connectivity index (χ1v) is 7.73. The number of carbonyl (C=O) groups is 1. The molecule has 0 aliphatic carbocycles. The van der Waals surface area contributed by atoms with Gasteiger partial charge in [0.05, 0.1) is 0 Å². The van der Waals surface area contributed by atoms with Crippen molar-refractivity contribution in [1.82, 2.24) is 4.90 Å². The van der Waals surface area contributed by atoms with Crippen molar-refractivity contribution in [3.8, 4) is 5.75 Å². The van der Waals surface area contributed by atoms with E-state index in [1.807, 2.05) is 4.90 Å². The van der Waals surface area contributed by atoms with Crippen molar-refractivity contribution < 1.29 is 14.6 Å². The van der Waals surface area contributed by atoms with Gasteiger partial charge in [-0.2, -0.15) is 0 Å². The van der Waals surface area contributed by atoms with Crippen LogP contribution in [-0.4, -0.2) is 42.2 Å². The molecule has 0 unspecified atom stereocenters. The Bertz CT molecular complexity index is 461. The molecule has 4 nitrogen and oxygen atoms in total. The van der Waals surface area contributed by atoms with Crippen LogP contribution in [0, 0.1) is 5.41 Å². The van der Waals surface area contributed by atoms with Crippen molar-refractivity contribution in [2.24, 2.45) is 5.41 Å². The highest BCUT2D eigenvalue weighted by Crippen LogP contribution is 2.34. The highest BCUT2D eigenvalue weighted by Gasteiger charge is 2.33. The number of aliphatic hydroxyl groups excluding tert-OH is 1. The molecule has 2 rings (SSSR count). The quantitative estimate of drug-likeness (QED) is 0.909. The molecule has 0 spiro atoms. The lowest BCUT2D eigenvalue weighted by molar-refractivity contribution is -0.136. The van der Waals surface area contributed by atoms with Crippen LogP contribution in [0.5, 0.6) is 5.75 Å². The molecule has 1 saturated heterocycles. The summed E-state index contributed by atoms with van der Waals surface area (Å²) in [5, 5.41) is 10.1. The third-order valence-electron chi connectivity index (χ3n) is 4.44. The average Bonchev–Trinajstić information content (AvgIpc) is 2.54. The van der Waals surface area contributed by atoms with Gasteiger partial charge in [-0.15, -0.1) is 0 Å². The van der Waals surface area contributed by atoms with Gasteiger partial charge in [-0.05, 0) is 48.9 Å². The number of piperidine rings is 1. The van der Waals surface area contributed by atoms with Crippen LogP contribution in [0.15, 0.2) is 24.3 Å². The third kappa shape index (κ3) is 4.11. The Morgan fingerprint density at radius 1 is 1.33 bits per heavy atom. The average molecular weight is 312 g/mol. The first-order chi connectivity index (χ1) is 10.1. The Hall–Kier alpha value is -1.26. The number of rotatable bonds is 5. The smallest absolute Gasteiger partial charge is 0.260 e. The summed E-state index contributed by atoms with van der Waals surface area (Å²) in [6.45, 7) is 3.72. The van der Waals surface area contributed by atoms with Crippen molar-refractivity contribution >= 4 is 17.5 Å². The number of hydrogen-bond acceptors (Lipinski definition) is 3. The van der Waals surface area contributed by atoms with Crippen molar-refractivity contribution in [3.05, 3.63) is 29.3 Å². The molecule has 0 aromatic heterocycles. The molecule has 0 saturated carbocycles. The molecule has 0 radical (unpaired) electrons. The largest absolute Gasteiger partial charge is 0.484 e. The predicted molar refractivity (Wildman–Crippen MR) is 82.6 cm³/mol. The van der Waals surface area contributed by atoms with Crippen LogP contribution < -0.4 is 4.74 Å². The van der Waals surface area contributed by atoms with E-state index in [1.54, 1.807) is 24.3 Å². The molecule has 1 amide bonds. The summed E-state index contributed by atoms with van der Waals surface area (Å²) in [5.74, 6) is 0.635. The molecular weight excluding hydrogens is 290 g/mol. The van der Waals surface area contributed by atoms with Crippen LogP contribution in [0.4, 0.5) is 0 Å². The van der Waals surface area contributed by atoms with Crippen LogP contribution in [0.1, 0.15) is 26.2 Å². The number of benzene rings is 1. The molecule has 21 heavy (non-hydrogen) atoms. The standard InChI is InChI=1S/C16H22ClNO3/c1-2-16(12-19)7-9-18(10-8-16)15(20)11-21-14-5-3-13(17)4-6-14/h3-6,19H,2,7-12H2,1H3. The molecule has 1 heterocycles. The van der Waals surface area contributed by atoms with Crippen molar-refractivity contribution in [2.75, 3.05) is 26.3 Å². The van der Waals surface area contributed by atoms with Crippen LogP contribution in [-0.2, 0) is 4.79 Å². The molecule has 116 valence electrons. The maximum Gasteiger partial charge on any atom is 0.260 e. The molecule has 1 aliphatic heterocycles. The summed E-state index contributed by atoms with van der Waals surface area (Å²) >= 11 is 5.80. The second-order valence-corrected chi connectivity index (χ2v) is 6.07. The number of halogens is 1. The molecule has 1 fully saturated rings. The third-order valence-corrected chi connectivity index (χ3v) is 4.69. The molecule has 1 aliphatic rings. The summed E-state index contributed by atoms with van der Waals surface area (Å²) < 4.78 is 5.48. The molecule has 1 N–H and O–H groups in total. The fourth-order valence-electron chi connectivity index (χ4n) is 2.62. The van der Waals surface area contributed by atoms with Gasteiger partial charge >= 0.3 is 0 Å². The van der Waals surface area contributed by atoms with E-state index < -0.39 is 0 Å². The van der Waals surface area contributed by atoms with Crippen molar-refractivity contribution in [1.29, 1.82) is 0 Å². The highest BCUT2D eigenvalue weighted by atomic mass is 35.5. The van der Waals surface area contributed by atoms with Gasteiger partial charge in [-0.3, -0.25) is 4.79 Å². The number of carbonyl (C=O) groups excluding carboxylic acids is 1. The zero-order valence-corrected chi connectivity index (χ0v) is 13.1. The first kappa shape index (κ1) is 16.1. The fourth-order valence-corrected chi connectivity index (χ4v) is 2.75. The van der Waals surface area contributed by atoms with E-state index in [1.165, 1.54) is 0 Å². The van der Waals surface area contributed by atoms with Crippen molar-refractivity contribution in [2.45, 2.75) is 26.2 Å². The van der Waals surface area contributed by atoms with Crippen LogP contribution in [0.25, 0.3) is 0 Å². The van der Waals surface area contributed by atoms with Crippen LogP contribution in [0.2, 0.25) is 5.02 Å². The Labute approximate surface area is 130 Å². The molecule has 0 bridgehead atoms. The van der Waals surface area contributed by atoms with E-state index in [0.717, 1.165) is 19.3 Å². The SMILES string of the molecule is CCC1(CO)CCN(C(=O)COc2ccc(Cl)cc2)CC1. The minimum absolute atomic E-state index is 0.00613. The minimum Gasteiger partial charge on any atom is -0.484 e. The first-order valence-electron chi connectivity index (χ1n) is 7.35. The number of aliphatic hydroxyl groups is 1. The van der Waals surface area contributed by atoms with Gasteiger partial charge in [0.25, 0.3) is 5.91 Å². The van der Waals surface area contributed by atoms with E-state index in [-0.39, 0.29) is 24.5 Å². The number of amides is 1. The monoisotopic (exact) mass is 311 g/mol. The molecule has 5 heteroatoms. The summed E-state index contributed by atoms with van der Waals surface area (Å²) in [5.41, 5.74) is -0.00613. The second kappa shape index (κ2) is 7.14. The number of hydrogen-bond donors (Lipinski definition) is 1. The lowest BCUT2D eigenvalue weighted by atomic mass is 9.77. The fraction of sp³-hybridized carbons (Fsp3) is 0.562. The zero-order valence-electron chi connectivity index (χ0n) is 12.3. The summed E-state index contributed by atoms with van der Waals surface area (Å²) in [4.78, 5) is 14.0. The number of nitrogens with zero attached hydrogens (tertiary/aromatic N) is 1. The van der Waals surface area contributed by atoms with E-state index in [4.69, 9.17) is 16.3 Å². The van der Waals surface area contributed by atoms with Gasteiger partial charge in [-0.1, -0.05) is 18.5 Å². The Morgan fingerprint density at radius 3 is 2.48 bits per heavy atom. The van der Waals surface area contributed by atoms with Gasteiger partial charge in [-0.25, -0.2) is 0 Å². The van der Waals surface area contributed by atoms with E-state index >= 15 is 0 Å². The Kier molecular flexibility index (Phi) is 5.48. The molecule has 1 aromatic carbocycles. The van der Waals surface area contributed by atoms with Gasteiger partial charge in [0, 0.05) is 24.7 Å². The Balaban J connectivity index is 1.81. The molecular formula is C16H22ClNO3. The summed E-state index contributed by atoms with van der Waals surface area (Å²) in [6, 6.07) is 6.97. The normalized spacial score (nSPS) is 17.6. The second-order valence-electron chi connectivity index (χ2n) is 5.64. The molecule has 1 aromatic rings. The van der Waals surface area contributed by atoms with Crippen molar-refractivity contribution in [3.63, 3.8) is 0 Å². The molecule has 0 atom stereocenters.